The summed E-state index contributed by atoms with van der Waals surface area (Å²) in [5.41, 5.74) is -6.87. The fraction of sp³-hybridized carbons (Fsp3) is 0. The van der Waals surface area contributed by atoms with Crippen LogP contribution in [0, 0.1) is 46.5 Å². The molecule has 0 spiro atoms. The number of hydrazine groups is 1. The highest BCUT2D eigenvalue weighted by Gasteiger charge is 2.54. The smallest absolute Gasteiger partial charge is 0.266 e. The third-order valence-corrected chi connectivity index (χ3v) is 4.36. The Morgan fingerprint density at radius 2 is 0.500 bits per heavy atom. The fourth-order valence-corrected chi connectivity index (χ4v) is 3.04. The maximum absolute atomic E-state index is 13.9. The zero-order valence-electron chi connectivity index (χ0n) is 13.6. The van der Waals surface area contributed by atoms with Gasteiger partial charge in [-0.1, -0.05) is 0 Å². The quantitative estimate of drug-likeness (QED) is 0.298. The lowest BCUT2D eigenvalue weighted by Crippen LogP contribution is -2.49. The van der Waals surface area contributed by atoms with Gasteiger partial charge in [-0.2, -0.15) is 10.0 Å². The molecule has 0 saturated heterocycles. The van der Waals surface area contributed by atoms with Crippen LogP contribution >= 0.6 is 0 Å². The van der Waals surface area contributed by atoms with Crippen LogP contribution in [0.3, 0.4) is 0 Å². The lowest BCUT2D eigenvalue weighted by molar-refractivity contribution is 0.00803. The van der Waals surface area contributed by atoms with E-state index >= 15 is 0 Å². The van der Waals surface area contributed by atoms with Crippen LogP contribution in [0.4, 0.5) is 35.1 Å². The Morgan fingerprint density at radius 3 is 0.667 bits per heavy atom. The number of amides is 4. The lowest BCUT2D eigenvalue weighted by Gasteiger charge is -2.23. The van der Waals surface area contributed by atoms with Gasteiger partial charge >= 0.3 is 0 Å². The van der Waals surface area contributed by atoms with Gasteiger partial charge in [-0.05, 0) is 0 Å². The molecule has 2 aliphatic heterocycles. The first-order chi connectivity index (χ1) is 13.9. The summed E-state index contributed by atoms with van der Waals surface area (Å²) in [5.74, 6) is -27.7. The molecule has 0 N–H and O–H groups in total. The van der Waals surface area contributed by atoms with Crippen LogP contribution in [0.15, 0.2) is 0 Å². The second kappa shape index (κ2) is 5.84. The summed E-state index contributed by atoms with van der Waals surface area (Å²) >= 11 is 0. The minimum absolute atomic E-state index is 0.658. The van der Waals surface area contributed by atoms with Crippen LogP contribution in [0.5, 0.6) is 0 Å². The average Bonchev–Trinajstić information content (AvgIpc) is 3.11. The van der Waals surface area contributed by atoms with Crippen LogP contribution in [-0.4, -0.2) is 33.6 Å². The molecule has 0 bridgehead atoms. The second-order valence-corrected chi connectivity index (χ2v) is 5.86. The molecule has 0 saturated carbocycles. The molecule has 2 aromatic rings. The van der Waals surface area contributed by atoms with Crippen molar-refractivity contribution in [3.8, 4) is 0 Å². The molecule has 2 aliphatic rings. The fourth-order valence-electron chi connectivity index (χ4n) is 3.04. The topological polar surface area (TPSA) is 74.8 Å². The number of rotatable bonds is 1. The minimum Gasteiger partial charge on any atom is -0.266 e. The molecule has 0 fully saturated rings. The summed E-state index contributed by atoms with van der Waals surface area (Å²) in [6.45, 7) is 0. The van der Waals surface area contributed by atoms with Gasteiger partial charge in [-0.15, -0.1) is 0 Å². The van der Waals surface area contributed by atoms with E-state index in [-0.39, 0.29) is 0 Å². The van der Waals surface area contributed by atoms with Crippen LogP contribution in [0.25, 0.3) is 0 Å². The number of carbonyl (C=O) groups excluding carboxylic acids is 4. The van der Waals surface area contributed by atoms with E-state index in [1.807, 2.05) is 0 Å². The van der Waals surface area contributed by atoms with Crippen molar-refractivity contribution in [2.24, 2.45) is 0 Å². The molecule has 14 heteroatoms. The Hall–Kier alpha value is -3.84. The van der Waals surface area contributed by atoms with Gasteiger partial charge in [-0.3, -0.25) is 19.2 Å². The van der Waals surface area contributed by atoms with Crippen molar-refractivity contribution in [2.75, 3.05) is 0 Å². The highest BCUT2D eigenvalue weighted by atomic mass is 19.2. The van der Waals surface area contributed by atoms with Crippen molar-refractivity contribution in [3.05, 3.63) is 68.8 Å². The maximum Gasteiger partial charge on any atom is 0.284 e. The first kappa shape index (κ1) is 19.5. The SMILES string of the molecule is O=C1c2c(F)c(F)c(F)c(F)c2C(=O)N1N1C(=O)c2c(F)c(F)c(F)c(F)c2C1=O. The van der Waals surface area contributed by atoms with Gasteiger partial charge in [0.25, 0.3) is 23.6 Å². The number of imide groups is 2. The summed E-state index contributed by atoms with van der Waals surface area (Å²) in [5, 5.41) is -1.32. The number of benzene rings is 2. The minimum atomic E-state index is -2.50. The molecule has 0 unspecified atom stereocenters. The molecular weight excluding hydrogens is 436 g/mol. The van der Waals surface area contributed by atoms with Crippen LogP contribution in [-0.2, 0) is 0 Å². The third kappa shape index (κ3) is 2.02. The van der Waals surface area contributed by atoms with E-state index in [0.29, 0.717) is 0 Å². The molecule has 0 atom stereocenters. The van der Waals surface area contributed by atoms with Crippen LogP contribution in [0.1, 0.15) is 41.4 Å². The van der Waals surface area contributed by atoms with Gasteiger partial charge < -0.3 is 0 Å². The predicted molar refractivity (Wildman–Crippen MR) is 73.5 cm³/mol. The molecular formula is C16F8N2O4. The van der Waals surface area contributed by atoms with Gasteiger partial charge in [0.1, 0.15) is 0 Å². The van der Waals surface area contributed by atoms with Gasteiger partial charge in [0.05, 0.1) is 22.3 Å². The molecule has 2 aromatic carbocycles. The van der Waals surface area contributed by atoms with E-state index < -0.39 is 102 Å². The highest BCUT2D eigenvalue weighted by Crippen LogP contribution is 2.37. The maximum atomic E-state index is 13.9. The second-order valence-electron chi connectivity index (χ2n) is 5.86. The average molecular weight is 436 g/mol. The van der Waals surface area contributed by atoms with Crippen molar-refractivity contribution < 1.29 is 54.3 Å². The van der Waals surface area contributed by atoms with E-state index in [2.05, 4.69) is 0 Å². The number of carbonyl (C=O) groups is 4. The number of hydrogen-bond acceptors (Lipinski definition) is 4. The molecule has 154 valence electrons. The van der Waals surface area contributed by atoms with E-state index in [4.69, 9.17) is 0 Å². The number of nitrogens with zero attached hydrogens (tertiary/aromatic N) is 2. The summed E-state index contributed by atoms with van der Waals surface area (Å²) in [7, 11) is 0. The monoisotopic (exact) mass is 436 g/mol. The molecule has 0 aromatic heterocycles. The Morgan fingerprint density at radius 1 is 0.333 bits per heavy atom. The molecule has 4 rings (SSSR count). The normalized spacial score (nSPS) is 15.5. The molecule has 30 heavy (non-hydrogen) atoms. The van der Waals surface area contributed by atoms with Crippen molar-refractivity contribution >= 4 is 23.6 Å². The van der Waals surface area contributed by atoms with Crippen LogP contribution in [0.2, 0.25) is 0 Å². The number of hydrogen-bond donors (Lipinski definition) is 0. The van der Waals surface area contributed by atoms with Crippen LogP contribution < -0.4 is 0 Å². The van der Waals surface area contributed by atoms with Crippen molar-refractivity contribution in [1.29, 1.82) is 0 Å². The Kier molecular flexibility index (Phi) is 3.79. The predicted octanol–water partition coefficient (Wildman–Crippen LogP) is 2.61. The number of fused-ring (bicyclic) bond motifs is 2. The lowest BCUT2D eigenvalue weighted by atomic mass is 10.1. The zero-order valence-corrected chi connectivity index (χ0v) is 13.6. The molecule has 0 aliphatic carbocycles. The highest BCUT2D eigenvalue weighted by molar-refractivity contribution is 6.28. The van der Waals surface area contributed by atoms with Gasteiger partial charge in [-0.25, -0.2) is 35.1 Å². The molecule has 6 nitrogen and oxygen atoms in total. The molecule has 4 amide bonds. The van der Waals surface area contributed by atoms with E-state index in [0.717, 1.165) is 0 Å². The van der Waals surface area contributed by atoms with Crippen molar-refractivity contribution in [1.82, 2.24) is 10.0 Å². The first-order valence-corrected chi connectivity index (χ1v) is 7.42. The van der Waals surface area contributed by atoms with Crippen molar-refractivity contribution in [2.45, 2.75) is 0 Å². The van der Waals surface area contributed by atoms with E-state index in [1.54, 1.807) is 0 Å². The molecule has 2 heterocycles. The first-order valence-electron chi connectivity index (χ1n) is 7.42. The summed E-state index contributed by atoms with van der Waals surface area (Å²) in [6, 6.07) is 0. The molecule has 0 radical (unpaired) electrons. The van der Waals surface area contributed by atoms with Gasteiger partial charge in [0.15, 0.2) is 46.5 Å². The third-order valence-electron chi connectivity index (χ3n) is 4.36. The number of halogens is 8. The Bertz CT molecular complexity index is 1080. The standard InChI is InChI=1S/C16F8N2O4/c17-5-1-2(6(18)10(22)9(5)21)14(28)25(13(1)27)26-15(29)3-4(16(26)30)8(20)12(24)11(23)7(3)19. The summed E-state index contributed by atoms with van der Waals surface area (Å²) in [4.78, 5) is 49.2. The van der Waals surface area contributed by atoms with E-state index in [9.17, 15) is 54.3 Å². The van der Waals surface area contributed by atoms with E-state index in [1.165, 1.54) is 0 Å². The van der Waals surface area contributed by atoms with Gasteiger partial charge in [0, 0.05) is 0 Å². The van der Waals surface area contributed by atoms with Gasteiger partial charge in [0.2, 0.25) is 0 Å². The summed E-state index contributed by atoms with van der Waals surface area (Å²) in [6.07, 6.45) is 0. The Labute approximate surface area is 157 Å². The largest absolute Gasteiger partial charge is 0.284 e. The van der Waals surface area contributed by atoms with Crippen molar-refractivity contribution in [3.63, 3.8) is 0 Å². The summed E-state index contributed by atoms with van der Waals surface area (Å²) < 4.78 is 109. The Balaban J connectivity index is 1.93. The zero-order chi connectivity index (χ0) is 22.4.